The molecule has 1 fully saturated rings. The average molecular weight is 289 g/mol. The van der Waals surface area contributed by atoms with E-state index < -0.39 is 14.8 Å². The SMILES string of the molecule is CC1(C)CNCCN(c2ccc(Cl)cc2)S1(=O)=O. The van der Waals surface area contributed by atoms with Crippen LogP contribution in [0, 0.1) is 0 Å². The third-order valence-electron chi connectivity index (χ3n) is 3.15. The number of sulfonamides is 1. The van der Waals surface area contributed by atoms with E-state index in [1.807, 2.05) is 0 Å². The lowest BCUT2D eigenvalue weighted by atomic mass is 10.2. The molecule has 0 amide bonds. The first-order chi connectivity index (χ1) is 8.34. The van der Waals surface area contributed by atoms with Gasteiger partial charge in [0.25, 0.3) is 0 Å². The maximum atomic E-state index is 12.6. The molecule has 100 valence electrons. The third kappa shape index (κ3) is 2.35. The Hall–Kier alpha value is -0.780. The van der Waals surface area contributed by atoms with Crippen LogP contribution in [0.2, 0.25) is 5.02 Å². The minimum absolute atomic E-state index is 0.438. The smallest absolute Gasteiger partial charge is 0.241 e. The van der Waals surface area contributed by atoms with Gasteiger partial charge in [0.15, 0.2) is 0 Å². The van der Waals surface area contributed by atoms with E-state index in [1.54, 1.807) is 38.1 Å². The van der Waals surface area contributed by atoms with Gasteiger partial charge in [-0.3, -0.25) is 4.31 Å². The Labute approximate surface area is 113 Å². The molecule has 1 N–H and O–H groups in total. The zero-order valence-electron chi connectivity index (χ0n) is 10.5. The second-order valence-electron chi connectivity index (χ2n) is 4.99. The van der Waals surface area contributed by atoms with Crippen LogP contribution in [-0.4, -0.2) is 32.8 Å². The molecule has 2 rings (SSSR count). The molecule has 0 unspecified atom stereocenters. The van der Waals surface area contributed by atoms with Gasteiger partial charge in [0.05, 0.1) is 10.4 Å². The predicted molar refractivity (Wildman–Crippen MR) is 74.7 cm³/mol. The lowest BCUT2D eigenvalue weighted by Gasteiger charge is -2.30. The van der Waals surface area contributed by atoms with Crippen LogP contribution >= 0.6 is 11.6 Å². The van der Waals surface area contributed by atoms with Crippen LogP contribution in [0.25, 0.3) is 0 Å². The molecule has 6 heteroatoms. The maximum Gasteiger partial charge on any atom is 0.241 e. The molecule has 4 nitrogen and oxygen atoms in total. The summed E-state index contributed by atoms with van der Waals surface area (Å²) in [5.41, 5.74) is 0.663. The monoisotopic (exact) mass is 288 g/mol. The summed E-state index contributed by atoms with van der Waals surface area (Å²) in [6, 6.07) is 6.89. The summed E-state index contributed by atoms with van der Waals surface area (Å²) < 4.78 is 25.8. The molecule has 0 aliphatic carbocycles. The lowest BCUT2D eigenvalue weighted by Crippen LogP contribution is -2.46. The van der Waals surface area contributed by atoms with Gasteiger partial charge in [-0.15, -0.1) is 0 Å². The van der Waals surface area contributed by atoms with Crippen LogP contribution < -0.4 is 9.62 Å². The highest BCUT2D eigenvalue weighted by Crippen LogP contribution is 2.28. The molecule has 0 spiro atoms. The molecule has 0 radical (unpaired) electrons. The average Bonchev–Trinajstić information content (AvgIpc) is 2.39. The summed E-state index contributed by atoms with van der Waals surface area (Å²) in [7, 11) is -3.38. The zero-order valence-corrected chi connectivity index (χ0v) is 12.1. The number of anilines is 1. The van der Waals surface area contributed by atoms with Crippen molar-refractivity contribution in [1.29, 1.82) is 0 Å². The van der Waals surface area contributed by atoms with Crippen LogP contribution in [0.1, 0.15) is 13.8 Å². The first-order valence-corrected chi connectivity index (χ1v) is 7.65. The van der Waals surface area contributed by atoms with Gasteiger partial charge in [-0.2, -0.15) is 0 Å². The Bertz CT molecular complexity index is 526. The highest BCUT2D eigenvalue weighted by atomic mass is 35.5. The highest BCUT2D eigenvalue weighted by Gasteiger charge is 2.40. The van der Waals surface area contributed by atoms with Crippen molar-refractivity contribution in [3.05, 3.63) is 29.3 Å². The van der Waals surface area contributed by atoms with E-state index in [9.17, 15) is 8.42 Å². The van der Waals surface area contributed by atoms with Crippen molar-refractivity contribution in [2.24, 2.45) is 0 Å². The van der Waals surface area contributed by atoms with E-state index in [0.29, 0.717) is 30.3 Å². The van der Waals surface area contributed by atoms with Gasteiger partial charge in [-0.05, 0) is 38.1 Å². The second-order valence-corrected chi connectivity index (χ2v) is 7.92. The highest BCUT2D eigenvalue weighted by molar-refractivity contribution is 7.94. The van der Waals surface area contributed by atoms with Crippen molar-refractivity contribution in [1.82, 2.24) is 5.32 Å². The molecule has 1 saturated heterocycles. The van der Waals surface area contributed by atoms with E-state index in [-0.39, 0.29) is 0 Å². The summed E-state index contributed by atoms with van der Waals surface area (Å²) in [5.74, 6) is 0. The van der Waals surface area contributed by atoms with Crippen molar-refractivity contribution in [2.75, 3.05) is 23.9 Å². The first kappa shape index (κ1) is 13.6. The van der Waals surface area contributed by atoms with Crippen LogP contribution in [0.15, 0.2) is 24.3 Å². The van der Waals surface area contributed by atoms with Crippen LogP contribution in [0.5, 0.6) is 0 Å². The Morgan fingerprint density at radius 3 is 2.50 bits per heavy atom. The summed E-state index contributed by atoms with van der Waals surface area (Å²) in [6.07, 6.45) is 0. The molecule has 18 heavy (non-hydrogen) atoms. The van der Waals surface area contributed by atoms with Gasteiger partial charge in [0.1, 0.15) is 0 Å². The van der Waals surface area contributed by atoms with Gasteiger partial charge in [-0.25, -0.2) is 8.42 Å². The van der Waals surface area contributed by atoms with Crippen molar-refractivity contribution in [3.8, 4) is 0 Å². The van der Waals surface area contributed by atoms with Crippen molar-refractivity contribution < 1.29 is 8.42 Å². The fraction of sp³-hybridized carbons (Fsp3) is 0.500. The molecule has 1 aliphatic rings. The van der Waals surface area contributed by atoms with Gasteiger partial charge in [0, 0.05) is 24.7 Å². The number of benzene rings is 1. The lowest BCUT2D eigenvalue weighted by molar-refractivity contribution is 0.535. The second kappa shape index (κ2) is 4.72. The van der Waals surface area contributed by atoms with Gasteiger partial charge >= 0.3 is 0 Å². The summed E-state index contributed by atoms with van der Waals surface area (Å²) >= 11 is 5.83. The minimum atomic E-state index is -3.38. The predicted octanol–water partition coefficient (Wildman–Crippen LogP) is 1.86. The molecule has 1 aliphatic heterocycles. The fourth-order valence-corrected chi connectivity index (χ4v) is 3.69. The van der Waals surface area contributed by atoms with Gasteiger partial charge < -0.3 is 5.32 Å². The molecule has 1 aromatic carbocycles. The summed E-state index contributed by atoms with van der Waals surface area (Å²) in [6.45, 7) is 5.02. The minimum Gasteiger partial charge on any atom is -0.313 e. The quantitative estimate of drug-likeness (QED) is 0.858. The van der Waals surface area contributed by atoms with E-state index in [0.717, 1.165) is 0 Å². The van der Waals surface area contributed by atoms with E-state index >= 15 is 0 Å². The maximum absolute atomic E-state index is 12.6. The standard InChI is InChI=1S/C12H17ClN2O2S/c1-12(2)9-14-7-8-15(18(12,16)17)11-5-3-10(13)4-6-11/h3-6,14H,7-9H2,1-2H3. The van der Waals surface area contributed by atoms with Crippen LogP contribution in [0.4, 0.5) is 5.69 Å². The van der Waals surface area contributed by atoms with Crippen LogP contribution in [-0.2, 0) is 10.0 Å². The Morgan fingerprint density at radius 1 is 1.28 bits per heavy atom. The molecular formula is C12H17ClN2O2S. The number of nitrogens with zero attached hydrogens (tertiary/aromatic N) is 1. The van der Waals surface area contributed by atoms with E-state index in [1.165, 1.54) is 4.31 Å². The molecule has 1 aromatic rings. The van der Waals surface area contributed by atoms with Gasteiger partial charge in [-0.1, -0.05) is 11.6 Å². The number of hydrogen-bond acceptors (Lipinski definition) is 3. The van der Waals surface area contributed by atoms with Gasteiger partial charge in [0.2, 0.25) is 10.0 Å². The van der Waals surface area contributed by atoms with E-state index in [4.69, 9.17) is 11.6 Å². The fourth-order valence-electron chi connectivity index (χ4n) is 1.95. The summed E-state index contributed by atoms with van der Waals surface area (Å²) in [5, 5.41) is 3.76. The largest absolute Gasteiger partial charge is 0.313 e. The topological polar surface area (TPSA) is 49.4 Å². The number of halogens is 1. The number of nitrogens with one attached hydrogen (secondary N) is 1. The number of rotatable bonds is 1. The third-order valence-corrected chi connectivity index (χ3v) is 5.91. The Balaban J connectivity index is 2.45. The molecule has 1 heterocycles. The molecule has 0 aromatic heterocycles. The number of hydrogen-bond donors (Lipinski definition) is 1. The molecule has 0 bridgehead atoms. The van der Waals surface area contributed by atoms with E-state index in [2.05, 4.69) is 5.32 Å². The van der Waals surface area contributed by atoms with Crippen LogP contribution in [0.3, 0.4) is 0 Å². The Morgan fingerprint density at radius 2 is 1.89 bits per heavy atom. The molecule has 0 saturated carbocycles. The normalized spacial score (nSPS) is 22.5. The molecule has 0 atom stereocenters. The molecular weight excluding hydrogens is 272 g/mol. The zero-order chi connectivity index (χ0) is 13.4. The Kier molecular flexibility index (Phi) is 3.58. The van der Waals surface area contributed by atoms with Crippen molar-refractivity contribution >= 4 is 27.3 Å². The van der Waals surface area contributed by atoms with Crippen molar-refractivity contribution in [2.45, 2.75) is 18.6 Å². The summed E-state index contributed by atoms with van der Waals surface area (Å²) in [4.78, 5) is 0. The van der Waals surface area contributed by atoms with Crippen molar-refractivity contribution in [3.63, 3.8) is 0 Å². The first-order valence-electron chi connectivity index (χ1n) is 5.83.